The van der Waals surface area contributed by atoms with Crippen LogP contribution in [0.15, 0.2) is 23.1 Å². The number of nitrogens with one attached hydrogen (secondary N) is 1. The number of nitrogens with zero attached hydrogens (tertiary/aromatic N) is 2. The highest BCUT2D eigenvalue weighted by Gasteiger charge is 2.20. The van der Waals surface area contributed by atoms with Gasteiger partial charge in [0, 0.05) is 7.05 Å². The predicted octanol–water partition coefficient (Wildman–Crippen LogP) is 2.12. The van der Waals surface area contributed by atoms with Gasteiger partial charge < -0.3 is 0 Å². The van der Waals surface area contributed by atoms with E-state index in [1.54, 1.807) is 20.9 Å². The molecule has 2 aromatic rings. The molecule has 5 nitrogen and oxygen atoms in total. The predicted molar refractivity (Wildman–Crippen MR) is 69.8 cm³/mol. The Morgan fingerprint density at radius 3 is 2.35 bits per heavy atom. The summed E-state index contributed by atoms with van der Waals surface area (Å²) in [6.07, 6.45) is 0. The lowest BCUT2D eigenvalue weighted by molar-refractivity contribution is 0.504. The summed E-state index contributed by atoms with van der Waals surface area (Å²) in [4.78, 5) is -0.348. The Hall–Kier alpha value is -1.96. The Balaban J connectivity index is 2.43. The minimum Gasteiger partial charge on any atom is -0.276 e. The van der Waals surface area contributed by atoms with Crippen LogP contribution in [0.4, 0.5) is 14.5 Å². The van der Waals surface area contributed by atoms with Crippen LogP contribution in [0.2, 0.25) is 0 Å². The summed E-state index contributed by atoms with van der Waals surface area (Å²) in [5, 5.41) is 4.08. The average Bonchev–Trinajstić information content (AvgIpc) is 2.59. The molecule has 0 aliphatic rings. The topological polar surface area (TPSA) is 64.0 Å². The molecule has 20 heavy (non-hydrogen) atoms. The van der Waals surface area contributed by atoms with Crippen LogP contribution in [0, 0.1) is 25.5 Å². The first-order valence-corrected chi connectivity index (χ1v) is 7.19. The zero-order chi connectivity index (χ0) is 15.1. The van der Waals surface area contributed by atoms with E-state index < -0.39 is 21.7 Å². The van der Waals surface area contributed by atoms with Crippen molar-refractivity contribution >= 4 is 15.7 Å². The third-order valence-corrected chi connectivity index (χ3v) is 4.29. The monoisotopic (exact) mass is 301 g/mol. The van der Waals surface area contributed by atoms with Gasteiger partial charge in [-0.05, 0) is 32.0 Å². The van der Waals surface area contributed by atoms with Crippen LogP contribution in [0.5, 0.6) is 0 Å². The first-order chi connectivity index (χ1) is 9.22. The molecule has 0 amide bonds. The van der Waals surface area contributed by atoms with Gasteiger partial charge in [0.05, 0.1) is 22.0 Å². The van der Waals surface area contributed by atoms with Crippen LogP contribution in [0.3, 0.4) is 0 Å². The first kappa shape index (κ1) is 14.4. The Kier molecular flexibility index (Phi) is 3.51. The van der Waals surface area contributed by atoms with Crippen molar-refractivity contribution in [3.63, 3.8) is 0 Å². The lowest BCUT2D eigenvalue weighted by Gasteiger charge is -2.08. The highest BCUT2D eigenvalue weighted by molar-refractivity contribution is 7.92. The largest absolute Gasteiger partial charge is 0.276 e. The van der Waals surface area contributed by atoms with Gasteiger partial charge in [-0.2, -0.15) is 5.10 Å². The molecule has 0 saturated heterocycles. The van der Waals surface area contributed by atoms with E-state index in [1.807, 2.05) is 0 Å². The van der Waals surface area contributed by atoms with Crippen LogP contribution in [0.1, 0.15) is 11.4 Å². The van der Waals surface area contributed by atoms with Gasteiger partial charge in [0.1, 0.15) is 0 Å². The summed E-state index contributed by atoms with van der Waals surface area (Å²) in [6.45, 7) is 3.35. The quantitative estimate of drug-likeness (QED) is 0.944. The minimum atomic E-state index is -3.99. The van der Waals surface area contributed by atoms with Gasteiger partial charge in [-0.15, -0.1) is 0 Å². The van der Waals surface area contributed by atoms with E-state index in [-0.39, 0.29) is 4.90 Å². The zero-order valence-electron chi connectivity index (χ0n) is 11.1. The molecule has 0 saturated carbocycles. The lowest BCUT2D eigenvalue weighted by atomic mass is 10.3. The average molecular weight is 301 g/mol. The van der Waals surface area contributed by atoms with E-state index in [0.29, 0.717) is 23.1 Å². The lowest BCUT2D eigenvalue weighted by Crippen LogP contribution is -2.14. The Morgan fingerprint density at radius 2 is 1.85 bits per heavy atom. The fraction of sp³-hybridized carbons (Fsp3) is 0.250. The molecule has 0 aliphatic carbocycles. The molecule has 0 aliphatic heterocycles. The third kappa shape index (κ3) is 2.51. The fourth-order valence-electron chi connectivity index (χ4n) is 1.76. The maximum Gasteiger partial charge on any atom is 0.262 e. The maximum atomic E-state index is 13.1. The normalized spacial score (nSPS) is 11.7. The van der Waals surface area contributed by atoms with Gasteiger partial charge in [-0.1, -0.05) is 0 Å². The van der Waals surface area contributed by atoms with Gasteiger partial charge in [-0.25, -0.2) is 17.2 Å². The minimum absolute atomic E-state index is 0.331. The van der Waals surface area contributed by atoms with Crippen molar-refractivity contribution in [2.75, 3.05) is 4.72 Å². The van der Waals surface area contributed by atoms with Crippen molar-refractivity contribution in [1.29, 1.82) is 0 Å². The number of hydrogen-bond acceptors (Lipinski definition) is 3. The number of sulfonamides is 1. The molecule has 1 aromatic heterocycles. The van der Waals surface area contributed by atoms with Gasteiger partial charge in [0.25, 0.3) is 10.0 Å². The smallest absolute Gasteiger partial charge is 0.262 e. The van der Waals surface area contributed by atoms with Crippen molar-refractivity contribution in [1.82, 2.24) is 9.78 Å². The van der Waals surface area contributed by atoms with E-state index >= 15 is 0 Å². The molecular weight excluding hydrogens is 288 g/mol. The maximum absolute atomic E-state index is 13.1. The van der Waals surface area contributed by atoms with Crippen molar-refractivity contribution in [3.05, 3.63) is 41.2 Å². The molecule has 0 atom stereocenters. The third-order valence-electron chi connectivity index (χ3n) is 2.95. The van der Waals surface area contributed by atoms with Gasteiger partial charge in [0.2, 0.25) is 0 Å². The van der Waals surface area contributed by atoms with E-state index in [0.717, 1.165) is 12.1 Å². The SMILES string of the molecule is Cc1nn(C)c(C)c1NS(=O)(=O)c1ccc(F)c(F)c1. The van der Waals surface area contributed by atoms with E-state index in [1.165, 1.54) is 4.68 Å². The molecule has 1 N–H and O–H groups in total. The van der Waals surface area contributed by atoms with Crippen LogP contribution in [-0.2, 0) is 17.1 Å². The molecule has 2 rings (SSSR count). The number of rotatable bonds is 3. The van der Waals surface area contributed by atoms with Crippen molar-refractivity contribution in [2.45, 2.75) is 18.7 Å². The number of benzene rings is 1. The highest BCUT2D eigenvalue weighted by Crippen LogP contribution is 2.23. The number of anilines is 1. The van der Waals surface area contributed by atoms with Gasteiger partial charge >= 0.3 is 0 Å². The highest BCUT2D eigenvalue weighted by atomic mass is 32.2. The van der Waals surface area contributed by atoms with Crippen LogP contribution < -0.4 is 4.72 Å². The summed E-state index contributed by atoms with van der Waals surface area (Å²) in [5.74, 6) is -2.31. The second-order valence-electron chi connectivity index (χ2n) is 4.35. The van der Waals surface area contributed by atoms with Crippen LogP contribution >= 0.6 is 0 Å². The summed E-state index contributed by atoms with van der Waals surface area (Å²) in [5.41, 5.74) is 1.45. The van der Waals surface area contributed by atoms with Crippen LogP contribution in [-0.4, -0.2) is 18.2 Å². The summed E-state index contributed by atoms with van der Waals surface area (Å²) >= 11 is 0. The molecule has 0 fully saturated rings. The van der Waals surface area contributed by atoms with Crippen molar-refractivity contribution in [3.8, 4) is 0 Å². The van der Waals surface area contributed by atoms with Gasteiger partial charge in [-0.3, -0.25) is 9.40 Å². The molecule has 1 heterocycles. The molecule has 108 valence electrons. The summed E-state index contributed by atoms with van der Waals surface area (Å²) in [6, 6.07) is 2.41. The van der Waals surface area contributed by atoms with Gasteiger partial charge in [0.15, 0.2) is 11.6 Å². The fourth-order valence-corrected chi connectivity index (χ4v) is 2.95. The second kappa shape index (κ2) is 4.86. The molecule has 0 bridgehead atoms. The molecule has 8 heteroatoms. The van der Waals surface area contributed by atoms with Crippen molar-refractivity contribution in [2.24, 2.45) is 7.05 Å². The second-order valence-corrected chi connectivity index (χ2v) is 6.03. The summed E-state index contributed by atoms with van der Waals surface area (Å²) < 4.78 is 54.1. The zero-order valence-corrected chi connectivity index (χ0v) is 11.9. The number of aryl methyl sites for hydroxylation is 2. The molecule has 1 aromatic carbocycles. The molecule has 0 unspecified atom stereocenters. The van der Waals surface area contributed by atoms with E-state index in [2.05, 4.69) is 9.82 Å². The first-order valence-electron chi connectivity index (χ1n) is 5.70. The number of hydrogen-bond donors (Lipinski definition) is 1. The van der Waals surface area contributed by atoms with E-state index in [4.69, 9.17) is 0 Å². The molecular formula is C12H13F2N3O2S. The molecule has 0 spiro atoms. The van der Waals surface area contributed by atoms with Crippen LogP contribution in [0.25, 0.3) is 0 Å². The number of aromatic nitrogens is 2. The van der Waals surface area contributed by atoms with Crippen molar-refractivity contribution < 1.29 is 17.2 Å². The summed E-state index contributed by atoms with van der Waals surface area (Å²) in [7, 11) is -2.32. The Morgan fingerprint density at radius 1 is 1.20 bits per heavy atom. The number of halogens is 2. The standard InChI is InChI=1S/C12H13F2N3O2S/c1-7-12(8(2)17(3)15-7)16-20(18,19)9-4-5-10(13)11(14)6-9/h4-6,16H,1-3H3. The Labute approximate surface area is 115 Å². The van der Waals surface area contributed by atoms with E-state index in [9.17, 15) is 17.2 Å². The Bertz CT molecular complexity index is 769. The molecule has 0 radical (unpaired) electrons.